The maximum Gasteiger partial charge on any atom is 0.278 e. The van der Waals surface area contributed by atoms with Crippen molar-refractivity contribution < 1.29 is 4.39 Å². The summed E-state index contributed by atoms with van der Waals surface area (Å²) in [6.45, 7) is 0. The van der Waals surface area contributed by atoms with Gasteiger partial charge in [-0.3, -0.25) is 14.5 Å². The van der Waals surface area contributed by atoms with Gasteiger partial charge in [0.2, 0.25) is 5.28 Å². The topological polar surface area (TPSA) is 63.6 Å². The highest BCUT2D eigenvalue weighted by molar-refractivity contribution is 6.28. The highest BCUT2D eigenvalue weighted by Gasteiger charge is 2.13. The van der Waals surface area contributed by atoms with Crippen molar-refractivity contribution in [1.82, 2.24) is 19.7 Å². The van der Waals surface area contributed by atoms with Crippen LogP contribution in [0.3, 0.4) is 0 Å². The zero-order chi connectivity index (χ0) is 9.59. The first-order chi connectivity index (χ1) is 6.09. The molecule has 13 heavy (non-hydrogen) atoms. The first-order valence-electron chi connectivity index (χ1n) is 3.37. The smallest absolute Gasteiger partial charge is 0.278 e. The summed E-state index contributed by atoms with van der Waals surface area (Å²) in [5, 5.41) is 3.25. The van der Waals surface area contributed by atoms with E-state index in [1.165, 1.54) is 7.05 Å². The van der Waals surface area contributed by atoms with Gasteiger partial charge in [-0.15, -0.1) is 5.10 Å². The molecular weight excluding hydrogens is 199 g/mol. The van der Waals surface area contributed by atoms with Crippen molar-refractivity contribution in [2.75, 3.05) is 0 Å². The lowest BCUT2D eigenvalue weighted by atomic mass is 10.4. The molecule has 68 valence electrons. The lowest BCUT2D eigenvalue weighted by molar-refractivity contribution is 0.560. The van der Waals surface area contributed by atoms with E-state index in [1.54, 1.807) is 0 Å². The monoisotopic (exact) mass is 202 g/mol. The Morgan fingerprint density at radius 3 is 3.00 bits per heavy atom. The summed E-state index contributed by atoms with van der Waals surface area (Å²) in [7, 11) is 1.45. The van der Waals surface area contributed by atoms with Crippen molar-refractivity contribution in [2.45, 2.75) is 0 Å². The average Bonchev–Trinajstić information content (AvgIpc) is 2.27. The minimum atomic E-state index is -0.800. The molecule has 2 aromatic heterocycles. The first-order valence-corrected chi connectivity index (χ1v) is 3.75. The van der Waals surface area contributed by atoms with Gasteiger partial charge in [-0.1, -0.05) is 0 Å². The molecule has 0 aliphatic carbocycles. The van der Waals surface area contributed by atoms with Crippen molar-refractivity contribution in [2.24, 2.45) is 7.05 Å². The van der Waals surface area contributed by atoms with Crippen molar-refractivity contribution >= 4 is 22.6 Å². The summed E-state index contributed by atoms with van der Waals surface area (Å²) in [6, 6.07) is 0. The Bertz CT molecular complexity index is 531. The van der Waals surface area contributed by atoms with Crippen LogP contribution >= 0.6 is 11.6 Å². The molecule has 2 rings (SSSR count). The number of rotatable bonds is 0. The molecule has 2 heterocycles. The molecule has 0 atom stereocenters. The third kappa shape index (κ3) is 1.10. The van der Waals surface area contributed by atoms with E-state index >= 15 is 0 Å². The van der Waals surface area contributed by atoms with Crippen molar-refractivity contribution in [3.05, 3.63) is 21.6 Å². The molecule has 0 saturated heterocycles. The quantitative estimate of drug-likeness (QED) is 0.631. The molecule has 5 nitrogen and oxygen atoms in total. The lowest BCUT2D eigenvalue weighted by Gasteiger charge is -1.91. The van der Waals surface area contributed by atoms with Gasteiger partial charge in [0.25, 0.3) is 11.5 Å². The Morgan fingerprint density at radius 1 is 1.62 bits per heavy atom. The fourth-order valence-corrected chi connectivity index (χ4v) is 1.28. The SMILES string of the molecule is Cn1nc(F)c2nc(Cl)[nH]c(=O)c21. The molecule has 2 aromatic rings. The van der Waals surface area contributed by atoms with Gasteiger partial charge >= 0.3 is 0 Å². The van der Waals surface area contributed by atoms with Gasteiger partial charge in [-0.25, -0.2) is 4.98 Å². The summed E-state index contributed by atoms with van der Waals surface area (Å²) < 4.78 is 14.1. The molecule has 0 fully saturated rings. The Labute approximate surface area is 76.2 Å². The first kappa shape index (κ1) is 8.18. The second-order valence-electron chi connectivity index (χ2n) is 2.47. The highest BCUT2D eigenvalue weighted by Crippen LogP contribution is 2.11. The molecule has 0 unspecified atom stereocenters. The number of hydrogen-bond donors (Lipinski definition) is 1. The molecule has 0 saturated carbocycles. The summed E-state index contributed by atoms with van der Waals surface area (Å²) in [6.07, 6.45) is 0. The van der Waals surface area contributed by atoms with Crippen molar-refractivity contribution in [1.29, 1.82) is 0 Å². The Morgan fingerprint density at radius 2 is 2.31 bits per heavy atom. The predicted molar refractivity (Wildman–Crippen MR) is 44.1 cm³/mol. The molecule has 0 aliphatic heterocycles. The van der Waals surface area contributed by atoms with E-state index in [4.69, 9.17) is 11.6 Å². The second kappa shape index (κ2) is 2.53. The van der Waals surface area contributed by atoms with E-state index in [0.717, 1.165) is 4.68 Å². The fourth-order valence-electron chi connectivity index (χ4n) is 1.11. The second-order valence-corrected chi connectivity index (χ2v) is 2.83. The van der Waals surface area contributed by atoms with Crippen LogP contribution in [0.25, 0.3) is 11.0 Å². The molecule has 0 bridgehead atoms. The Hall–Kier alpha value is -1.43. The molecule has 0 amide bonds. The van der Waals surface area contributed by atoms with Crippen LogP contribution in [0, 0.1) is 5.95 Å². The van der Waals surface area contributed by atoms with E-state index in [9.17, 15) is 9.18 Å². The van der Waals surface area contributed by atoms with Gasteiger partial charge in [0.1, 0.15) is 0 Å². The van der Waals surface area contributed by atoms with Crippen LogP contribution < -0.4 is 5.56 Å². The van der Waals surface area contributed by atoms with Gasteiger partial charge in [0.15, 0.2) is 11.0 Å². The molecule has 0 aliphatic rings. The maximum absolute atomic E-state index is 13.0. The zero-order valence-corrected chi connectivity index (χ0v) is 7.26. The number of aryl methyl sites for hydroxylation is 1. The Balaban J connectivity index is 3.06. The fraction of sp³-hybridized carbons (Fsp3) is 0.167. The van der Waals surface area contributed by atoms with Crippen LogP contribution in [0.4, 0.5) is 4.39 Å². The summed E-state index contributed by atoms with van der Waals surface area (Å²) in [5.74, 6) is -0.800. The summed E-state index contributed by atoms with van der Waals surface area (Å²) in [5.41, 5.74) is -0.549. The number of H-pyrrole nitrogens is 1. The number of halogens is 2. The van der Waals surface area contributed by atoms with Crippen LogP contribution in [0.5, 0.6) is 0 Å². The number of aromatic nitrogens is 4. The number of fused-ring (bicyclic) bond motifs is 1. The minimum absolute atomic E-state index is 0.0712. The predicted octanol–water partition coefficient (Wildman–Crippen LogP) is 0.449. The highest BCUT2D eigenvalue weighted by atomic mass is 35.5. The number of aromatic amines is 1. The van der Waals surface area contributed by atoms with E-state index in [2.05, 4.69) is 15.1 Å². The maximum atomic E-state index is 13.0. The van der Waals surface area contributed by atoms with Crippen LogP contribution in [0.15, 0.2) is 4.79 Å². The summed E-state index contributed by atoms with van der Waals surface area (Å²) >= 11 is 5.43. The van der Waals surface area contributed by atoms with Crippen LogP contribution in [0.2, 0.25) is 5.28 Å². The van der Waals surface area contributed by atoms with Crippen LogP contribution in [0.1, 0.15) is 0 Å². The number of nitrogens with one attached hydrogen (secondary N) is 1. The zero-order valence-electron chi connectivity index (χ0n) is 6.51. The van der Waals surface area contributed by atoms with Crippen molar-refractivity contribution in [3.8, 4) is 0 Å². The standard InChI is InChI=1S/C6H4ClFN4O/c1-12-3-2(4(8)11-12)9-6(7)10-5(3)13/h1H3,(H,9,10,13). The van der Waals surface area contributed by atoms with Gasteiger partial charge in [0, 0.05) is 7.05 Å². The third-order valence-electron chi connectivity index (χ3n) is 1.62. The lowest BCUT2D eigenvalue weighted by Crippen LogP contribution is -2.10. The average molecular weight is 203 g/mol. The molecule has 7 heteroatoms. The molecule has 0 spiro atoms. The normalized spacial score (nSPS) is 11.0. The van der Waals surface area contributed by atoms with Gasteiger partial charge in [-0.2, -0.15) is 4.39 Å². The molecule has 1 N–H and O–H groups in total. The largest absolute Gasteiger partial charge is 0.295 e. The van der Waals surface area contributed by atoms with Gasteiger partial charge < -0.3 is 0 Å². The molecular formula is C6H4ClFN4O. The number of nitrogens with zero attached hydrogens (tertiary/aromatic N) is 3. The number of hydrogen-bond acceptors (Lipinski definition) is 3. The van der Waals surface area contributed by atoms with E-state index in [0.29, 0.717) is 0 Å². The van der Waals surface area contributed by atoms with E-state index < -0.39 is 11.5 Å². The van der Waals surface area contributed by atoms with Crippen LogP contribution in [-0.2, 0) is 7.05 Å². The van der Waals surface area contributed by atoms with Gasteiger partial charge in [0.05, 0.1) is 0 Å². The van der Waals surface area contributed by atoms with E-state index in [1.807, 2.05) is 0 Å². The van der Waals surface area contributed by atoms with Crippen molar-refractivity contribution in [3.63, 3.8) is 0 Å². The van der Waals surface area contributed by atoms with Gasteiger partial charge in [-0.05, 0) is 11.6 Å². The molecule has 0 radical (unpaired) electrons. The Kier molecular flexibility index (Phi) is 1.59. The van der Waals surface area contributed by atoms with E-state index in [-0.39, 0.29) is 16.3 Å². The summed E-state index contributed by atoms with van der Waals surface area (Å²) in [4.78, 5) is 17.1. The third-order valence-corrected chi connectivity index (χ3v) is 1.80. The van der Waals surface area contributed by atoms with Crippen LogP contribution in [-0.4, -0.2) is 19.7 Å². The minimum Gasteiger partial charge on any atom is -0.295 e. The molecule has 0 aromatic carbocycles.